The molecule has 2 atom stereocenters. The molecule has 0 spiro atoms. The summed E-state index contributed by atoms with van der Waals surface area (Å²) in [5.74, 6) is -0.801. The Bertz CT molecular complexity index is 1120. The van der Waals surface area contributed by atoms with Gasteiger partial charge < -0.3 is 18.9 Å². The van der Waals surface area contributed by atoms with Gasteiger partial charge >= 0.3 is 19.8 Å². The Morgan fingerprint density at radius 1 is 0.492 bits per heavy atom. The zero-order valence-electron chi connectivity index (χ0n) is 42.1. The van der Waals surface area contributed by atoms with Crippen LogP contribution in [0.15, 0.2) is 24.3 Å². The number of quaternary nitrogens is 1. The summed E-state index contributed by atoms with van der Waals surface area (Å²) in [6, 6.07) is 0. The second-order valence-electron chi connectivity index (χ2n) is 19.3. The second-order valence-corrected chi connectivity index (χ2v) is 20.7. The smallest absolute Gasteiger partial charge is 0.462 e. The Morgan fingerprint density at radius 3 is 1.27 bits per heavy atom. The van der Waals surface area contributed by atoms with Gasteiger partial charge in [0.2, 0.25) is 0 Å². The molecule has 0 aliphatic carbocycles. The third-order valence-electron chi connectivity index (χ3n) is 11.7. The molecule has 1 N–H and O–H groups in total. The van der Waals surface area contributed by atoms with Crippen LogP contribution in [-0.4, -0.2) is 74.9 Å². The molecule has 0 aliphatic rings. The molecule has 0 saturated carbocycles. The molecule has 0 aliphatic heterocycles. The average molecular weight is 913 g/mol. The van der Waals surface area contributed by atoms with Gasteiger partial charge in [0.1, 0.15) is 19.8 Å². The van der Waals surface area contributed by atoms with Crippen molar-refractivity contribution in [2.24, 2.45) is 0 Å². The Morgan fingerprint density at radius 2 is 0.857 bits per heavy atom. The van der Waals surface area contributed by atoms with E-state index in [-0.39, 0.29) is 25.6 Å². The number of phosphoric acid groups is 1. The number of nitrogens with zero attached hydrogens (tertiary/aromatic N) is 1. The minimum atomic E-state index is -4.38. The van der Waals surface area contributed by atoms with Crippen LogP contribution in [0.4, 0.5) is 0 Å². The van der Waals surface area contributed by atoms with Crippen molar-refractivity contribution in [3.8, 4) is 0 Å². The minimum Gasteiger partial charge on any atom is -0.462 e. The fourth-order valence-corrected chi connectivity index (χ4v) is 8.32. The molecule has 0 aromatic rings. The topological polar surface area (TPSA) is 108 Å². The number of carbonyl (C=O) groups is 2. The number of unbranched alkanes of at least 4 members (excludes halogenated alkanes) is 31. The second kappa shape index (κ2) is 45.6. The lowest BCUT2D eigenvalue weighted by atomic mass is 10.0. The average Bonchev–Trinajstić information content (AvgIpc) is 3.24. The van der Waals surface area contributed by atoms with Crippen molar-refractivity contribution in [1.82, 2.24) is 0 Å². The Balaban J connectivity index is 4.18. The molecule has 9 nitrogen and oxygen atoms in total. The summed E-state index contributed by atoms with van der Waals surface area (Å²) in [6.45, 7) is 4.43. The Kier molecular flexibility index (Phi) is 44.5. The molecule has 0 fully saturated rings. The van der Waals surface area contributed by atoms with Crippen LogP contribution in [0, 0.1) is 0 Å². The number of hydrogen-bond acceptors (Lipinski definition) is 7. The molecular formula is C53H103NO8P+. The fraction of sp³-hybridized carbons (Fsp3) is 0.887. The number of carbonyl (C=O) groups excluding carboxylic acids is 2. The Hall–Kier alpha value is -1.51. The number of rotatable bonds is 49. The summed E-state index contributed by atoms with van der Waals surface area (Å²) >= 11 is 0. The SMILES string of the molecule is CCCCCC/C=C\C/C=C\CCCCCCCC(=O)OC(COC(=O)CCCCCCCCCCCCCCCCCCCCCCCCC)COP(=O)(O)OCC[N+](C)(C)C. The van der Waals surface area contributed by atoms with E-state index in [1.54, 1.807) is 0 Å². The number of phosphoric ester groups is 1. The van der Waals surface area contributed by atoms with Gasteiger partial charge in [0.25, 0.3) is 0 Å². The molecule has 0 bridgehead atoms. The zero-order chi connectivity index (χ0) is 46.4. The van der Waals surface area contributed by atoms with Crippen molar-refractivity contribution in [2.45, 2.75) is 258 Å². The van der Waals surface area contributed by atoms with E-state index in [0.29, 0.717) is 23.9 Å². The lowest BCUT2D eigenvalue weighted by Gasteiger charge is -2.24. The standard InChI is InChI=1S/C53H102NO8P/c1-6-8-10-12-14-16-18-20-22-24-25-26-27-28-29-30-32-33-35-37-39-41-43-45-52(55)59-49-51(50-61-63(57,58)60-48-47-54(3,4)5)62-53(56)46-44-42-40-38-36-34-31-23-21-19-17-15-13-11-9-7-2/h17,19,23,31,51H,6-16,18,20-22,24-30,32-50H2,1-5H3/p+1/b19-17-,31-23-. The number of esters is 2. The van der Waals surface area contributed by atoms with Crippen molar-refractivity contribution in [2.75, 3.05) is 47.5 Å². The predicted molar refractivity (Wildman–Crippen MR) is 266 cm³/mol. The largest absolute Gasteiger partial charge is 0.472 e. The molecule has 0 amide bonds. The molecule has 0 saturated heterocycles. The van der Waals surface area contributed by atoms with Crippen molar-refractivity contribution in [1.29, 1.82) is 0 Å². The van der Waals surface area contributed by atoms with Crippen LogP contribution in [0.3, 0.4) is 0 Å². The molecule has 0 aromatic carbocycles. The number of allylic oxidation sites excluding steroid dienone is 4. The van der Waals surface area contributed by atoms with Crippen molar-refractivity contribution in [3.63, 3.8) is 0 Å². The van der Waals surface area contributed by atoms with E-state index in [0.717, 1.165) is 57.8 Å². The number of likely N-dealkylation sites (N-methyl/N-ethyl adjacent to an activating group) is 1. The van der Waals surface area contributed by atoms with Crippen LogP contribution in [0.1, 0.15) is 251 Å². The molecule has 2 unspecified atom stereocenters. The fourth-order valence-electron chi connectivity index (χ4n) is 7.58. The van der Waals surface area contributed by atoms with E-state index >= 15 is 0 Å². The molecular weight excluding hydrogens is 810 g/mol. The van der Waals surface area contributed by atoms with Crippen molar-refractivity contribution in [3.05, 3.63) is 24.3 Å². The first-order chi connectivity index (χ1) is 30.5. The van der Waals surface area contributed by atoms with Gasteiger partial charge in [0.05, 0.1) is 27.7 Å². The van der Waals surface area contributed by atoms with Gasteiger partial charge in [0, 0.05) is 12.8 Å². The molecule has 10 heteroatoms. The van der Waals surface area contributed by atoms with Crippen LogP contribution in [-0.2, 0) is 32.7 Å². The van der Waals surface area contributed by atoms with Gasteiger partial charge in [-0.3, -0.25) is 18.6 Å². The maximum absolute atomic E-state index is 12.7. The number of hydrogen-bond donors (Lipinski definition) is 1. The zero-order valence-corrected chi connectivity index (χ0v) is 43.0. The normalized spacial score (nSPS) is 13.6. The Labute approximate surface area is 389 Å². The van der Waals surface area contributed by atoms with Crippen LogP contribution in [0.2, 0.25) is 0 Å². The van der Waals surface area contributed by atoms with Gasteiger partial charge in [0.15, 0.2) is 6.10 Å². The number of ether oxygens (including phenoxy) is 2. The van der Waals surface area contributed by atoms with E-state index < -0.39 is 26.5 Å². The highest BCUT2D eigenvalue weighted by molar-refractivity contribution is 7.47. The van der Waals surface area contributed by atoms with E-state index in [1.165, 1.54) is 161 Å². The van der Waals surface area contributed by atoms with Crippen LogP contribution in [0.5, 0.6) is 0 Å². The van der Waals surface area contributed by atoms with Gasteiger partial charge in [-0.2, -0.15) is 0 Å². The maximum Gasteiger partial charge on any atom is 0.472 e. The first kappa shape index (κ1) is 61.5. The summed E-state index contributed by atoms with van der Waals surface area (Å²) in [5, 5.41) is 0. The quantitative estimate of drug-likeness (QED) is 0.0211. The molecule has 0 aromatic heterocycles. The lowest BCUT2D eigenvalue weighted by Crippen LogP contribution is -2.37. The van der Waals surface area contributed by atoms with Gasteiger partial charge in [-0.1, -0.05) is 218 Å². The van der Waals surface area contributed by atoms with E-state index in [2.05, 4.69) is 38.2 Å². The van der Waals surface area contributed by atoms with Crippen LogP contribution in [0.25, 0.3) is 0 Å². The van der Waals surface area contributed by atoms with Gasteiger partial charge in [-0.25, -0.2) is 4.57 Å². The third kappa shape index (κ3) is 49.8. The summed E-state index contributed by atoms with van der Waals surface area (Å²) in [7, 11) is 1.48. The highest BCUT2D eigenvalue weighted by Crippen LogP contribution is 2.43. The summed E-state index contributed by atoms with van der Waals surface area (Å²) < 4.78 is 34.5. The van der Waals surface area contributed by atoms with E-state index in [4.69, 9.17) is 18.5 Å². The molecule has 372 valence electrons. The molecule has 0 radical (unpaired) electrons. The lowest BCUT2D eigenvalue weighted by molar-refractivity contribution is -0.870. The minimum absolute atomic E-state index is 0.0309. The summed E-state index contributed by atoms with van der Waals surface area (Å²) in [4.78, 5) is 35.5. The molecule has 63 heavy (non-hydrogen) atoms. The maximum atomic E-state index is 12.7. The van der Waals surface area contributed by atoms with Gasteiger partial charge in [-0.05, 0) is 44.9 Å². The van der Waals surface area contributed by atoms with Gasteiger partial charge in [-0.15, -0.1) is 0 Å². The molecule has 0 heterocycles. The highest BCUT2D eigenvalue weighted by atomic mass is 31.2. The third-order valence-corrected chi connectivity index (χ3v) is 12.7. The van der Waals surface area contributed by atoms with E-state index in [9.17, 15) is 19.0 Å². The van der Waals surface area contributed by atoms with Crippen LogP contribution < -0.4 is 0 Å². The summed E-state index contributed by atoms with van der Waals surface area (Å²) in [6.07, 6.45) is 52.4. The van der Waals surface area contributed by atoms with E-state index in [1.807, 2.05) is 21.1 Å². The molecule has 0 rings (SSSR count). The van der Waals surface area contributed by atoms with Crippen LogP contribution >= 0.6 is 7.82 Å². The first-order valence-electron chi connectivity index (χ1n) is 26.6. The van der Waals surface area contributed by atoms with Crippen molar-refractivity contribution >= 4 is 19.8 Å². The monoisotopic (exact) mass is 913 g/mol. The predicted octanol–water partition coefficient (Wildman–Crippen LogP) is 15.9. The highest BCUT2D eigenvalue weighted by Gasteiger charge is 2.27. The van der Waals surface area contributed by atoms with Crippen molar-refractivity contribution < 1.29 is 42.1 Å². The first-order valence-corrected chi connectivity index (χ1v) is 28.1. The summed E-state index contributed by atoms with van der Waals surface area (Å²) in [5.41, 5.74) is 0.